The molecule has 16 heavy (non-hydrogen) atoms. The van der Waals surface area contributed by atoms with Gasteiger partial charge in [0.1, 0.15) is 0 Å². The van der Waals surface area contributed by atoms with Crippen molar-refractivity contribution in [2.75, 3.05) is 54.0 Å². The second-order valence-electron chi connectivity index (χ2n) is 5.06. The van der Waals surface area contributed by atoms with E-state index in [1.54, 1.807) is 0 Å². The van der Waals surface area contributed by atoms with Crippen LogP contribution in [0.4, 0.5) is 0 Å². The van der Waals surface area contributed by atoms with Crippen LogP contribution in [0.25, 0.3) is 0 Å². The molecule has 0 aromatic rings. The second-order valence-corrected chi connectivity index (χ2v) is 5.06. The van der Waals surface area contributed by atoms with Crippen LogP contribution < -0.4 is 5.73 Å². The summed E-state index contributed by atoms with van der Waals surface area (Å²) >= 11 is 0. The van der Waals surface area contributed by atoms with Gasteiger partial charge in [-0.3, -0.25) is 0 Å². The maximum Gasteiger partial charge on any atom is 0.0510 e. The van der Waals surface area contributed by atoms with E-state index in [-0.39, 0.29) is 0 Å². The molecule has 2 unspecified atom stereocenters. The van der Waals surface area contributed by atoms with Gasteiger partial charge in [0.25, 0.3) is 0 Å². The summed E-state index contributed by atoms with van der Waals surface area (Å²) in [5.41, 5.74) is 5.88. The van der Waals surface area contributed by atoms with Crippen molar-refractivity contribution in [3.8, 4) is 0 Å². The Hall–Kier alpha value is -0.160. The molecule has 96 valence electrons. The summed E-state index contributed by atoms with van der Waals surface area (Å²) < 4.78 is 5.44. The van der Waals surface area contributed by atoms with Gasteiger partial charge < -0.3 is 20.3 Å². The summed E-state index contributed by atoms with van der Waals surface area (Å²) in [6.45, 7) is 4.80. The molecule has 4 nitrogen and oxygen atoms in total. The average Bonchev–Trinajstić information content (AvgIpc) is 2.71. The van der Waals surface area contributed by atoms with Gasteiger partial charge in [0.05, 0.1) is 6.61 Å². The molecule has 0 aliphatic carbocycles. The Balaban J connectivity index is 2.28. The summed E-state index contributed by atoms with van der Waals surface area (Å²) in [7, 11) is 6.42. The molecule has 1 aliphatic heterocycles. The fraction of sp³-hybridized carbons (Fsp3) is 1.00. The van der Waals surface area contributed by atoms with Crippen molar-refractivity contribution in [2.45, 2.75) is 18.9 Å². The van der Waals surface area contributed by atoms with Gasteiger partial charge in [-0.15, -0.1) is 0 Å². The molecule has 1 aliphatic rings. The highest BCUT2D eigenvalue weighted by Gasteiger charge is 2.27. The van der Waals surface area contributed by atoms with Crippen molar-refractivity contribution in [2.24, 2.45) is 11.7 Å². The maximum atomic E-state index is 5.88. The zero-order chi connectivity index (χ0) is 12.0. The fourth-order valence-electron chi connectivity index (χ4n) is 2.39. The lowest BCUT2D eigenvalue weighted by atomic mass is 9.98. The molecule has 2 N–H and O–H groups in total. The van der Waals surface area contributed by atoms with E-state index in [9.17, 15) is 0 Å². The molecule has 0 spiro atoms. The quantitative estimate of drug-likeness (QED) is 0.679. The van der Waals surface area contributed by atoms with E-state index in [4.69, 9.17) is 10.5 Å². The van der Waals surface area contributed by atoms with Crippen molar-refractivity contribution in [1.29, 1.82) is 0 Å². The third-order valence-corrected chi connectivity index (χ3v) is 3.43. The Morgan fingerprint density at radius 1 is 1.31 bits per heavy atom. The van der Waals surface area contributed by atoms with Gasteiger partial charge >= 0.3 is 0 Å². The van der Waals surface area contributed by atoms with E-state index >= 15 is 0 Å². The number of nitrogens with two attached hydrogens (primary N) is 1. The van der Waals surface area contributed by atoms with E-state index in [0.29, 0.717) is 12.0 Å². The van der Waals surface area contributed by atoms with Crippen LogP contribution in [0.5, 0.6) is 0 Å². The molecule has 0 amide bonds. The SMILES string of the molecule is CN(C)CCCN(C)C(CN)C1CCOC1. The Kier molecular flexibility index (Phi) is 6.28. The van der Waals surface area contributed by atoms with Crippen molar-refractivity contribution in [3.05, 3.63) is 0 Å². The summed E-state index contributed by atoms with van der Waals surface area (Å²) in [6.07, 6.45) is 2.37. The average molecular weight is 229 g/mol. The van der Waals surface area contributed by atoms with Gasteiger partial charge in [-0.25, -0.2) is 0 Å². The summed E-state index contributed by atoms with van der Waals surface area (Å²) in [5, 5.41) is 0. The van der Waals surface area contributed by atoms with Gasteiger partial charge in [0, 0.05) is 25.1 Å². The summed E-state index contributed by atoms with van der Waals surface area (Å²) in [6, 6.07) is 0.490. The Morgan fingerprint density at radius 2 is 2.06 bits per heavy atom. The third-order valence-electron chi connectivity index (χ3n) is 3.43. The third kappa shape index (κ3) is 4.37. The van der Waals surface area contributed by atoms with E-state index in [2.05, 4.69) is 30.9 Å². The highest BCUT2D eigenvalue weighted by atomic mass is 16.5. The Morgan fingerprint density at radius 3 is 2.56 bits per heavy atom. The summed E-state index contributed by atoms with van der Waals surface area (Å²) in [4.78, 5) is 4.63. The van der Waals surface area contributed by atoms with E-state index in [0.717, 1.165) is 32.8 Å². The van der Waals surface area contributed by atoms with Crippen molar-refractivity contribution in [1.82, 2.24) is 9.80 Å². The molecule has 1 fully saturated rings. The molecule has 2 atom stereocenters. The molecule has 0 aromatic heterocycles. The van der Waals surface area contributed by atoms with E-state index in [1.165, 1.54) is 12.8 Å². The molecule has 1 saturated heterocycles. The van der Waals surface area contributed by atoms with E-state index < -0.39 is 0 Å². The van der Waals surface area contributed by atoms with Crippen LogP contribution in [-0.4, -0.2) is 69.8 Å². The number of likely N-dealkylation sites (N-methyl/N-ethyl adjacent to an activating group) is 1. The molecular formula is C12H27N3O. The molecule has 4 heteroatoms. The highest BCUT2D eigenvalue weighted by molar-refractivity contribution is 4.81. The first-order chi connectivity index (χ1) is 7.65. The number of rotatable bonds is 7. The molecule has 0 bridgehead atoms. The van der Waals surface area contributed by atoms with Crippen LogP contribution in [-0.2, 0) is 4.74 Å². The molecule has 1 rings (SSSR count). The Bertz CT molecular complexity index is 181. The predicted molar refractivity (Wildman–Crippen MR) is 67.6 cm³/mol. The lowest BCUT2D eigenvalue weighted by Crippen LogP contribution is -2.44. The molecule has 0 radical (unpaired) electrons. The van der Waals surface area contributed by atoms with Crippen molar-refractivity contribution < 1.29 is 4.74 Å². The van der Waals surface area contributed by atoms with Crippen LogP contribution in [0.2, 0.25) is 0 Å². The zero-order valence-electron chi connectivity index (χ0n) is 11.0. The minimum Gasteiger partial charge on any atom is -0.381 e. The zero-order valence-corrected chi connectivity index (χ0v) is 11.0. The molecule has 0 saturated carbocycles. The normalized spacial score (nSPS) is 23.2. The Labute approximate surface area is 99.7 Å². The van der Waals surface area contributed by atoms with Gasteiger partial charge in [-0.2, -0.15) is 0 Å². The maximum absolute atomic E-state index is 5.88. The molecule has 0 aromatic carbocycles. The van der Waals surface area contributed by atoms with Gasteiger partial charge in [0.15, 0.2) is 0 Å². The summed E-state index contributed by atoms with van der Waals surface area (Å²) in [5.74, 6) is 0.634. The van der Waals surface area contributed by atoms with Crippen LogP contribution in [0.3, 0.4) is 0 Å². The second kappa shape index (κ2) is 7.22. The first kappa shape index (κ1) is 13.9. The first-order valence-corrected chi connectivity index (χ1v) is 6.28. The van der Waals surface area contributed by atoms with Crippen LogP contribution in [0.1, 0.15) is 12.8 Å². The number of ether oxygens (including phenoxy) is 1. The highest BCUT2D eigenvalue weighted by Crippen LogP contribution is 2.19. The lowest BCUT2D eigenvalue weighted by Gasteiger charge is -2.31. The van der Waals surface area contributed by atoms with Gasteiger partial charge in [0.2, 0.25) is 0 Å². The van der Waals surface area contributed by atoms with Crippen molar-refractivity contribution in [3.63, 3.8) is 0 Å². The standard InChI is InChI=1S/C12H27N3O/c1-14(2)6-4-7-15(3)12(9-13)11-5-8-16-10-11/h11-12H,4-10,13H2,1-3H3. The van der Waals surface area contributed by atoms with E-state index in [1.807, 2.05) is 0 Å². The predicted octanol–water partition coefficient (Wildman–Crippen LogP) is 0.234. The number of nitrogens with zero attached hydrogens (tertiary/aromatic N) is 2. The number of hydrogen-bond donors (Lipinski definition) is 1. The van der Waals surface area contributed by atoms with Crippen LogP contribution in [0.15, 0.2) is 0 Å². The van der Waals surface area contributed by atoms with Crippen molar-refractivity contribution >= 4 is 0 Å². The number of hydrogen-bond acceptors (Lipinski definition) is 4. The lowest BCUT2D eigenvalue weighted by molar-refractivity contribution is 0.138. The molecular weight excluding hydrogens is 202 g/mol. The fourth-order valence-corrected chi connectivity index (χ4v) is 2.39. The minimum atomic E-state index is 0.490. The molecule has 1 heterocycles. The minimum absolute atomic E-state index is 0.490. The van der Waals surface area contributed by atoms with Crippen LogP contribution in [0, 0.1) is 5.92 Å². The largest absolute Gasteiger partial charge is 0.381 e. The van der Waals surface area contributed by atoms with Crippen LogP contribution >= 0.6 is 0 Å². The van der Waals surface area contributed by atoms with Gasteiger partial charge in [-0.05, 0) is 47.1 Å². The smallest absolute Gasteiger partial charge is 0.0510 e. The monoisotopic (exact) mass is 229 g/mol. The first-order valence-electron chi connectivity index (χ1n) is 6.28. The topological polar surface area (TPSA) is 41.7 Å². The van der Waals surface area contributed by atoms with Gasteiger partial charge in [-0.1, -0.05) is 0 Å².